The van der Waals surface area contributed by atoms with E-state index < -0.39 is 0 Å². The molecule has 0 aliphatic carbocycles. The maximum absolute atomic E-state index is 12.0. The lowest BCUT2D eigenvalue weighted by molar-refractivity contribution is -0.121. The third kappa shape index (κ3) is 3.52. The quantitative estimate of drug-likeness (QED) is 0.567. The van der Waals surface area contributed by atoms with Gasteiger partial charge in [0.05, 0.1) is 6.42 Å². The first-order valence-corrected chi connectivity index (χ1v) is 6.67. The molecule has 0 bridgehead atoms. The van der Waals surface area contributed by atoms with E-state index in [1.165, 1.54) is 11.1 Å². The Bertz CT molecular complexity index is 444. The number of ketones is 2. The Kier molecular flexibility index (Phi) is 5.26. The summed E-state index contributed by atoms with van der Waals surface area (Å²) in [5.41, 5.74) is 3.16. The molecular formula is C16H22O2. The van der Waals surface area contributed by atoms with Gasteiger partial charge < -0.3 is 0 Å². The van der Waals surface area contributed by atoms with Crippen LogP contribution in [0.1, 0.15) is 55.6 Å². The van der Waals surface area contributed by atoms with Gasteiger partial charge in [-0.15, -0.1) is 0 Å². The number of carbonyl (C=O) groups is 2. The highest BCUT2D eigenvalue weighted by Crippen LogP contribution is 2.16. The fourth-order valence-electron chi connectivity index (χ4n) is 1.94. The van der Waals surface area contributed by atoms with Crippen molar-refractivity contribution >= 4 is 11.6 Å². The summed E-state index contributed by atoms with van der Waals surface area (Å²) in [5.74, 6) is -0.127. The summed E-state index contributed by atoms with van der Waals surface area (Å²) in [4.78, 5) is 23.6. The molecule has 0 radical (unpaired) electrons. The van der Waals surface area contributed by atoms with Crippen LogP contribution in [0.5, 0.6) is 0 Å². The van der Waals surface area contributed by atoms with Crippen molar-refractivity contribution < 1.29 is 9.59 Å². The molecule has 0 aromatic heterocycles. The third-order valence-corrected chi connectivity index (χ3v) is 3.27. The van der Waals surface area contributed by atoms with E-state index >= 15 is 0 Å². The summed E-state index contributed by atoms with van der Waals surface area (Å²) in [5, 5.41) is 0. The van der Waals surface area contributed by atoms with E-state index in [1.54, 1.807) is 0 Å². The molecule has 0 unspecified atom stereocenters. The van der Waals surface area contributed by atoms with Crippen LogP contribution < -0.4 is 0 Å². The molecule has 0 aliphatic rings. The number of benzene rings is 1. The van der Waals surface area contributed by atoms with Gasteiger partial charge in [0.15, 0.2) is 5.78 Å². The van der Waals surface area contributed by atoms with E-state index in [9.17, 15) is 9.59 Å². The van der Waals surface area contributed by atoms with Crippen LogP contribution in [-0.2, 0) is 17.6 Å². The number of rotatable bonds is 6. The Labute approximate surface area is 109 Å². The van der Waals surface area contributed by atoms with Crippen molar-refractivity contribution in [2.24, 2.45) is 5.92 Å². The zero-order chi connectivity index (χ0) is 13.7. The highest BCUT2D eigenvalue weighted by atomic mass is 16.1. The minimum Gasteiger partial charge on any atom is -0.299 e. The second-order valence-electron chi connectivity index (χ2n) is 4.91. The largest absolute Gasteiger partial charge is 0.299 e. The molecule has 2 heteroatoms. The van der Waals surface area contributed by atoms with E-state index in [0.717, 1.165) is 12.8 Å². The highest BCUT2D eigenvalue weighted by Gasteiger charge is 2.15. The van der Waals surface area contributed by atoms with Crippen molar-refractivity contribution in [1.29, 1.82) is 0 Å². The molecule has 0 spiro atoms. The Morgan fingerprint density at radius 1 is 1.06 bits per heavy atom. The second kappa shape index (κ2) is 6.48. The predicted octanol–water partition coefficient (Wildman–Crippen LogP) is 3.61. The van der Waals surface area contributed by atoms with E-state index in [4.69, 9.17) is 0 Å². The van der Waals surface area contributed by atoms with Crippen molar-refractivity contribution in [2.45, 2.75) is 47.0 Å². The lowest BCUT2D eigenvalue weighted by atomic mass is 9.95. The number of aryl methyl sites for hydroxylation is 2. The van der Waals surface area contributed by atoms with E-state index in [0.29, 0.717) is 5.56 Å². The number of hydrogen-bond donors (Lipinski definition) is 0. The van der Waals surface area contributed by atoms with E-state index in [-0.39, 0.29) is 23.9 Å². The van der Waals surface area contributed by atoms with Crippen LogP contribution >= 0.6 is 0 Å². The molecule has 0 atom stereocenters. The highest BCUT2D eigenvalue weighted by molar-refractivity contribution is 6.08. The van der Waals surface area contributed by atoms with E-state index in [2.05, 4.69) is 13.8 Å². The zero-order valence-electron chi connectivity index (χ0n) is 11.7. The monoisotopic (exact) mass is 246 g/mol. The Balaban J connectivity index is 2.90. The first-order valence-electron chi connectivity index (χ1n) is 6.67. The molecule has 0 fully saturated rings. The van der Waals surface area contributed by atoms with Crippen LogP contribution in [0.15, 0.2) is 18.2 Å². The topological polar surface area (TPSA) is 34.1 Å². The van der Waals surface area contributed by atoms with E-state index in [1.807, 2.05) is 32.0 Å². The predicted molar refractivity (Wildman–Crippen MR) is 74.0 cm³/mol. The molecule has 0 amide bonds. The Morgan fingerprint density at radius 2 is 1.67 bits per heavy atom. The Hall–Kier alpha value is -1.44. The van der Waals surface area contributed by atoms with Gasteiger partial charge >= 0.3 is 0 Å². The Morgan fingerprint density at radius 3 is 2.17 bits per heavy atom. The van der Waals surface area contributed by atoms with Gasteiger partial charge in [0, 0.05) is 11.5 Å². The van der Waals surface area contributed by atoms with Crippen molar-refractivity contribution in [3.8, 4) is 0 Å². The van der Waals surface area contributed by atoms with Crippen molar-refractivity contribution in [3.63, 3.8) is 0 Å². The smallest absolute Gasteiger partial charge is 0.170 e. The summed E-state index contributed by atoms with van der Waals surface area (Å²) in [7, 11) is 0. The van der Waals surface area contributed by atoms with Crippen LogP contribution in [0.3, 0.4) is 0 Å². The fraction of sp³-hybridized carbons (Fsp3) is 0.500. The molecule has 1 rings (SSSR count). The van der Waals surface area contributed by atoms with Gasteiger partial charge in [-0.05, 0) is 30.0 Å². The molecule has 0 N–H and O–H groups in total. The summed E-state index contributed by atoms with van der Waals surface area (Å²) in [6.45, 7) is 7.85. The van der Waals surface area contributed by atoms with Crippen LogP contribution in [0, 0.1) is 5.92 Å². The van der Waals surface area contributed by atoms with Crippen molar-refractivity contribution in [3.05, 3.63) is 34.9 Å². The van der Waals surface area contributed by atoms with Crippen LogP contribution in [-0.4, -0.2) is 11.6 Å². The fourth-order valence-corrected chi connectivity index (χ4v) is 1.94. The van der Waals surface area contributed by atoms with Crippen LogP contribution in [0.25, 0.3) is 0 Å². The lowest BCUT2D eigenvalue weighted by Gasteiger charge is -2.09. The van der Waals surface area contributed by atoms with Gasteiger partial charge in [0.25, 0.3) is 0 Å². The summed E-state index contributed by atoms with van der Waals surface area (Å²) < 4.78 is 0. The molecule has 1 aromatic carbocycles. The van der Waals surface area contributed by atoms with Gasteiger partial charge in [-0.25, -0.2) is 0 Å². The van der Waals surface area contributed by atoms with Gasteiger partial charge in [-0.2, -0.15) is 0 Å². The minimum absolute atomic E-state index is 0.0117. The van der Waals surface area contributed by atoms with Crippen molar-refractivity contribution in [1.82, 2.24) is 0 Å². The number of Topliss-reactive ketones (excluding diaryl/α,β-unsaturated/α-hetero) is 2. The molecule has 0 saturated heterocycles. The summed E-state index contributed by atoms with van der Waals surface area (Å²) in [6.07, 6.45) is 1.91. The molecule has 2 nitrogen and oxygen atoms in total. The van der Waals surface area contributed by atoms with Crippen LogP contribution in [0.2, 0.25) is 0 Å². The maximum Gasteiger partial charge on any atom is 0.170 e. The zero-order valence-corrected chi connectivity index (χ0v) is 11.7. The first-order chi connectivity index (χ1) is 8.49. The molecule has 1 aromatic rings. The molecule has 18 heavy (non-hydrogen) atoms. The second-order valence-corrected chi connectivity index (χ2v) is 4.91. The van der Waals surface area contributed by atoms with Crippen molar-refractivity contribution in [2.75, 3.05) is 0 Å². The average Bonchev–Trinajstić information content (AvgIpc) is 2.37. The SMILES string of the molecule is CCc1ccc(C(=O)CC(=O)C(C)C)cc1CC. The lowest BCUT2D eigenvalue weighted by Crippen LogP contribution is -2.13. The standard InChI is InChI=1S/C16H22O2/c1-5-12-7-8-14(9-13(12)6-2)16(18)10-15(17)11(3)4/h7-9,11H,5-6,10H2,1-4H3. The summed E-state index contributed by atoms with van der Waals surface area (Å²) in [6, 6.07) is 5.79. The summed E-state index contributed by atoms with van der Waals surface area (Å²) >= 11 is 0. The van der Waals surface area contributed by atoms with Gasteiger partial charge in [-0.1, -0.05) is 39.8 Å². The average molecular weight is 246 g/mol. The normalized spacial score (nSPS) is 10.7. The third-order valence-electron chi connectivity index (χ3n) is 3.27. The molecule has 0 saturated carbocycles. The molecule has 98 valence electrons. The van der Waals surface area contributed by atoms with Gasteiger partial charge in [-0.3, -0.25) is 9.59 Å². The molecule has 0 heterocycles. The van der Waals surface area contributed by atoms with Crippen LogP contribution in [0.4, 0.5) is 0 Å². The number of carbonyl (C=O) groups excluding carboxylic acids is 2. The maximum atomic E-state index is 12.0. The van der Waals surface area contributed by atoms with Gasteiger partial charge in [0.1, 0.15) is 5.78 Å². The number of hydrogen-bond acceptors (Lipinski definition) is 2. The molecule has 0 aliphatic heterocycles. The molecular weight excluding hydrogens is 224 g/mol. The van der Waals surface area contributed by atoms with Gasteiger partial charge in [0.2, 0.25) is 0 Å². The minimum atomic E-state index is -0.0745. The first kappa shape index (κ1) is 14.6.